The monoisotopic (exact) mass is 257 g/mol. The minimum absolute atomic E-state index is 0.0402. The molecule has 0 bridgehead atoms. The predicted molar refractivity (Wildman–Crippen MR) is 70.7 cm³/mol. The Morgan fingerprint density at radius 1 is 1.41 bits per heavy atom. The minimum Gasteiger partial charge on any atom is -0.494 e. The van der Waals surface area contributed by atoms with Gasteiger partial charge in [0, 0.05) is 22.7 Å². The van der Waals surface area contributed by atoms with Crippen LogP contribution in [0, 0.1) is 0 Å². The van der Waals surface area contributed by atoms with Gasteiger partial charge in [-0.2, -0.15) is 0 Å². The maximum absolute atomic E-state index is 9.04. The van der Waals surface area contributed by atoms with Gasteiger partial charge in [-0.05, 0) is 39.0 Å². The van der Waals surface area contributed by atoms with E-state index in [1.54, 1.807) is 0 Å². The molecule has 2 atom stereocenters. The van der Waals surface area contributed by atoms with E-state index >= 15 is 0 Å². The van der Waals surface area contributed by atoms with Gasteiger partial charge < -0.3 is 15.2 Å². The second-order valence-electron chi connectivity index (χ2n) is 4.09. The van der Waals surface area contributed by atoms with Gasteiger partial charge in [-0.1, -0.05) is 11.6 Å². The molecular formula is C13H20ClNO2. The second kappa shape index (κ2) is 6.84. The maximum atomic E-state index is 9.04. The molecule has 0 heterocycles. The predicted octanol–water partition coefficient (Wildman–Crippen LogP) is 2.77. The SMILES string of the molecule is CCOc1ccc(Cl)cc1C(C)N[C@H](C)CO. The summed E-state index contributed by atoms with van der Waals surface area (Å²) in [7, 11) is 0. The lowest BCUT2D eigenvalue weighted by Crippen LogP contribution is -2.31. The molecule has 0 aliphatic heterocycles. The zero-order valence-corrected chi connectivity index (χ0v) is 11.3. The first-order chi connectivity index (χ1) is 8.08. The van der Waals surface area contributed by atoms with Gasteiger partial charge in [0.05, 0.1) is 13.2 Å². The van der Waals surface area contributed by atoms with Gasteiger partial charge in [0.25, 0.3) is 0 Å². The van der Waals surface area contributed by atoms with Crippen LogP contribution in [-0.4, -0.2) is 24.4 Å². The first-order valence-electron chi connectivity index (χ1n) is 5.87. The number of nitrogens with one attached hydrogen (secondary N) is 1. The van der Waals surface area contributed by atoms with Crippen LogP contribution in [0.1, 0.15) is 32.4 Å². The Morgan fingerprint density at radius 2 is 2.12 bits per heavy atom. The summed E-state index contributed by atoms with van der Waals surface area (Å²) in [6.45, 7) is 6.64. The summed E-state index contributed by atoms with van der Waals surface area (Å²) >= 11 is 6.00. The molecule has 4 heteroatoms. The van der Waals surface area contributed by atoms with Crippen LogP contribution >= 0.6 is 11.6 Å². The number of aliphatic hydroxyl groups is 1. The van der Waals surface area contributed by atoms with E-state index in [0.29, 0.717) is 11.6 Å². The molecule has 1 rings (SSSR count). The molecule has 0 spiro atoms. The molecule has 96 valence electrons. The van der Waals surface area contributed by atoms with Crippen molar-refractivity contribution < 1.29 is 9.84 Å². The number of hydrogen-bond donors (Lipinski definition) is 2. The van der Waals surface area contributed by atoms with Crippen molar-refractivity contribution in [1.82, 2.24) is 5.32 Å². The largest absolute Gasteiger partial charge is 0.494 e. The molecule has 0 radical (unpaired) electrons. The lowest BCUT2D eigenvalue weighted by atomic mass is 10.1. The average Bonchev–Trinajstić information content (AvgIpc) is 2.31. The maximum Gasteiger partial charge on any atom is 0.124 e. The van der Waals surface area contributed by atoms with Crippen molar-refractivity contribution >= 4 is 11.6 Å². The van der Waals surface area contributed by atoms with Crippen molar-refractivity contribution in [3.8, 4) is 5.75 Å². The summed E-state index contributed by atoms with van der Waals surface area (Å²) in [6.07, 6.45) is 0. The number of ether oxygens (including phenoxy) is 1. The van der Waals surface area contributed by atoms with E-state index in [2.05, 4.69) is 5.32 Å². The molecule has 0 saturated carbocycles. The van der Waals surface area contributed by atoms with Crippen LogP contribution in [0.3, 0.4) is 0 Å². The van der Waals surface area contributed by atoms with Crippen LogP contribution in [-0.2, 0) is 0 Å². The smallest absolute Gasteiger partial charge is 0.124 e. The Morgan fingerprint density at radius 3 is 2.71 bits per heavy atom. The molecular weight excluding hydrogens is 238 g/mol. The lowest BCUT2D eigenvalue weighted by Gasteiger charge is -2.21. The van der Waals surface area contributed by atoms with Gasteiger partial charge >= 0.3 is 0 Å². The van der Waals surface area contributed by atoms with Crippen LogP contribution in [0.15, 0.2) is 18.2 Å². The molecule has 0 aliphatic carbocycles. The van der Waals surface area contributed by atoms with Crippen LogP contribution in [0.25, 0.3) is 0 Å². The summed E-state index contributed by atoms with van der Waals surface area (Å²) in [6, 6.07) is 5.71. The van der Waals surface area contributed by atoms with Crippen molar-refractivity contribution in [1.29, 1.82) is 0 Å². The van der Waals surface area contributed by atoms with E-state index in [4.69, 9.17) is 21.4 Å². The molecule has 17 heavy (non-hydrogen) atoms. The fraction of sp³-hybridized carbons (Fsp3) is 0.538. The van der Waals surface area contributed by atoms with Crippen molar-refractivity contribution in [2.24, 2.45) is 0 Å². The number of hydrogen-bond acceptors (Lipinski definition) is 3. The molecule has 1 unspecified atom stereocenters. The third kappa shape index (κ3) is 4.19. The molecule has 0 aromatic heterocycles. The summed E-state index contributed by atoms with van der Waals surface area (Å²) in [5.74, 6) is 0.835. The van der Waals surface area contributed by atoms with Gasteiger partial charge in [-0.3, -0.25) is 0 Å². The Hall–Kier alpha value is -0.770. The molecule has 0 fully saturated rings. The third-order valence-corrected chi connectivity index (χ3v) is 2.78. The molecule has 3 nitrogen and oxygen atoms in total. The second-order valence-corrected chi connectivity index (χ2v) is 4.52. The van der Waals surface area contributed by atoms with E-state index in [0.717, 1.165) is 11.3 Å². The number of rotatable bonds is 6. The fourth-order valence-corrected chi connectivity index (χ4v) is 1.89. The van der Waals surface area contributed by atoms with Crippen molar-refractivity contribution in [2.45, 2.75) is 32.9 Å². The van der Waals surface area contributed by atoms with Crippen LogP contribution in [0.5, 0.6) is 5.75 Å². The van der Waals surface area contributed by atoms with Crippen LogP contribution in [0.2, 0.25) is 5.02 Å². The van der Waals surface area contributed by atoms with Gasteiger partial charge in [0.1, 0.15) is 5.75 Å². The van der Waals surface area contributed by atoms with Gasteiger partial charge in [-0.15, -0.1) is 0 Å². The summed E-state index contributed by atoms with van der Waals surface area (Å²) in [4.78, 5) is 0. The lowest BCUT2D eigenvalue weighted by molar-refractivity contribution is 0.241. The van der Waals surface area contributed by atoms with Gasteiger partial charge in [0.2, 0.25) is 0 Å². The van der Waals surface area contributed by atoms with E-state index in [1.165, 1.54) is 0 Å². The normalized spacial score (nSPS) is 14.4. The van der Waals surface area contributed by atoms with Crippen LogP contribution < -0.4 is 10.1 Å². The Bertz CT molecular complexity index is 357. The van der Waals surface area contributed by atoms with Crippen molar-refractivity contribution in [3.63, 3.8) is 0 Å². The highest BCUT2D eigenvalue weighted by molar-refractivity contribution is 6.30. The van der Waals surface area contributed by atoms with Gasteiger partial charge in [0.15, 0.2) is 0 Å². The first kappa shape index (κ1) is 14.3. The Kier molecular flexibility index (Phi) is 5.75. The van der Waals surface area contributed by atoms with Crippen molar-refractivity contribution in [2.75, 3.05) is 13.2 Å². The summed E-state index contributed by atoms with van der Waals surface area (Å²) in [5, 5.41) is 13.0. The highest BCUT2D eigenvalue weighted by atomic mass is 35.5. The number of aliphatic hydroxyl groups excluding tert-OH is 1. The van der Waals surface area contributed by atoms with E-state index in [-0.39, 0.29) is 18.7 Å². The first-order valence-corrected chi connectivity index (χ1v) is 6.25. The molecule has 1 aromatic rings. The fourth-order valence-electron chi connectivity index (χ4n) is 1.71. The van der Waals surface area contributed by atoms with E-state index in [1.807, 2.05) is 39.0 Å². The van der Waals surface area contributed by atoms with Gasteiger partial charge in [-0.25, -0.2) is 0 Å². The zero-order valence-electron chi connectivity index (χ0n) is 10.5. The molecule has 0 saturated heterocycles. The highest BCUT2D eigenvalue weighted by Crippen LogP contribution is 2.28. The van der Waals surface area contributed by atoms with E-state index in [9.17, 15) is 0 Å². The topological polar surface area (TPSA) is 41.5 Å². The molecule has 2 N–H and O–H groups in total. The quantitative estimate of drug-likeness (QED) is 0.824. The van der Waals surface area contributed by atoms with Crippen LogP contribution in [0.4, 0.5) is 0 Å². The summed E-state index contributed by atoms with van der Waals surface area (Å²) in [5.41, 5.74) is 1.01. The average molecular weight is 258 g/mol. The Balaban J connectivity index is 2.89. The highest BCUT2D eigenvalue weighted by Gasteiger charge is 2.14. The molecule has 1 aromatic carbocycles. The summed E-state index contributed by atoms with van der Waals surface area (Å²) < 4.78 is 5.57. The number of halogens is 1. The minimum atomic E-state index is 0.0402. The third-order valence-electron chi connectivity index (χ3n) is 2.55. The van der Waals surface area contributed by atoms with E-state index < -0.39 is 0 Å². The number of benzene rings is 1. The molecule has 0 aliphatic rings. The molecule has 0 amide bonds. The standard InChI is InChI=1S/C13H20ClNO2/c1-4-17-13-6-5-11(14)7-12(13)10(3)15-9(2)8-16/h5-7,9-10,15-16H,4,8H2,1-3H3/t9-,10?/m1/s1. The Labute approximate surface area is 108 Å². The zero-order chi connectivity index (χ0) is 12.8. The van der Waals surface area contributed by atoms with Crippen molar-refractivity contribution in [3.05, 3.63) is 28.8 Å².